The molecular formula is C19H39O5Si2-. The molecule has 1 rings (SSSR count). The lowest BCUT2D eigenvalue weighted by Gasteiger charge is -2.48. The van der Waals surface area contributed by atoms with E-state index in [0.717, 1.165) is 0 Å². The summed E-state index contributed by atoms with van der Waals surface area (Å²) < 4.78 is 12.9. The molecule has 0 aromatic carbocycles. The van der Waals surface area contributed by atoms with Crippen LogP contribution >= 0.6 is 0 Å². The number of carboxylic acid groups (broad SMARTS) is 1. The highest BCUT2D eigenvalue weighted by molar-refractivity contribution is 6.74. The molecule has 0 aliphatic heterocycles. The van der Waals surface area contributed by atoms with Crippen LogP contribution in [0, 0.1) is 0 Å². The molecule has 1 saturated carbocycles. The van der Waals surface area contributed by atoms with Crippen LogP contribution in [-0.2, 0) is 13.6 Å². The van der Waals surface area contributed by atoms with Crippen LogP contribution in [0.2, 0.25) is 36.3 Å². The van der Waals surface area contributed by atoms with E-state index in [1.165, 1.54) is 0 Å². The highest BCUT2D eigenvalue weighted by atomic mass is 28.4. The van der Waals surface area contributed by atoms with Crippen molar-refractivity contribution in [3.63, 3.8) is 0 Å². The Kier molecular flexibility index (Phi) is 6.70. The first kappa shape index (κ1) is 23.8. The molecule has 0 heterocycles. The van der Waals surface area contributed by atoms with E-state index < -0.39 is 28.2 Å². The quantitative estimate of drug-likeness (QED) is 0.711. The van der Waals surface area contributed by atoms with Crippen molar-refractivity contribution in [1.82, 2.24) is 0 Å². The van der Waals surface area contributed by atoms with Gasteiger partial charge in [-0.1, -0.05) is 41.5 Å². The summed E-state index contributed by atoms with van der Waals surface area (Å²) in [6.07, 6.45) is 0.0946. The third kappa shape index (κ3) is 5.41. The highest BCUT2D eigenvalue weighted by Crippen LogP contribution is 2.43. The van der Waals surface area contributed by atoms with Gasteiger partial charge >= 0.3 is 0 Å². The Morgan fingerprint density at radius 2 is 1.23 bits per heavy atom. The van der Waals surface area contributed by atoms with Crippen LogP contribution in [0.1, 0.15) is 60.8 Å². The molecule has 2 unspecified atom stereocenters. The molecule has 0 aromatic rings. The van der Waals surface area contributed by atoms with Crippen LogP contribution in [0.5, 0.6) is 0 Å². The van der Waals surface area contributed by atoms with E-state index in [2.05, 4.69) is 67.7 Å². The van der Waals surface area contributed by atoms with Crippen LogP contribution in [-0.4, -0.2) is 45.5 Å². The minimum absolute atomic E-state index is 0.0137. The fraction of sp³-hybridized carbons (Fsp3) is 0.947. The van der Waals surface area contributed by atoms with E-state index in [1.807, 2.05) is 0 Å². The first-order valence-corrected chi connectivity index (χ1v) is 15.4. The number of carbonyl (C=O) groups is 1. The van der Waals surface area contributed by atoms with Crippen molar-refractivity contribution < 1.29 is 23.9 Å². The van der Waals surface area contributed by atoms with E-state index in [1.54, 1.807) is 0 Å². The molecule has 1 N–H and O–H groups in total. The van der Waals surface area contributed by atoms with E-state index >= 15 is 0 Å². The number of hydrogen-bond acceptors (Lipinski definition) is 5. The third-order valence-corrected chi connectivity index (χ3v) is 15.6. The summed E-state index contributed by atoms with van der Waals surface area (Å²) in [6.45, 7) is 21.5. The number of carbonyl (C=O) groups excluding carboxylic acids is 1. The summed E-state index contributed by atoms with van der Waals surface area (Å²) in [5.74, 6) is -1.43. The molecular weight excluding hydrogens is 364 g/mol. The van der Waals surface area contributed by atoms with Gasteiger partial charge in [-0.2, -0.15) is 0 Å². The predicted octanol–water partition coefficient (Wildman–Crippen LogP) is 3.43. The van der Waals surface area contributed by atoms with Gasteiger partial charge in [0.2, 0.25) is 0 Å². The van der Waals surface area contributed by atoms with Crippen molar-refractivity contribution in [1.29, 1.82) is 0 Å². The summed E-state index contributed by atoms with van der Waals surface area (Å²) in [4.78, 5) is 11.6. The van der Waals surface area contributed by atoms with Gasteiger partial charge in [-0.3, -0.25) is 0 Å². The molecule has 0 spiro atoms. The van der Waals surface area contributed by atoms with Gasteiger partial charge in [0.15, 0.2) is 16.6 Å². The SMILES string of the molecule is CC(C)(C)[Si](C)(C)OC1CC(O[Si](C)(C)C(C)(C)C)CC(O)(C(=O)[O-])C1. The van der Waals surface area contributed by atoms with Crippen LogP contribution in [0.4, 0.5) is 0 Å². The monoisotopic (exact) mass is 403 g/mol. The number of carboxylic acids is 1. The summed E-state index contributed by atoms with van der Waals surface area (Å²) in [5.41, 5.74) is -1.89. The molecule has 154 valence electrons. The average molecular weight is 404 g/mol. The van der Waals surface area contributed by atoms with E-state index in [0.29, 0.717) is 6.42 Å². The number of aliphatic hydroxyl groups is 1. The van der Waals surface area contributed by atoms with Crippen molar-refractivity contribution in [2.45, 2.75) is 115 Å². The lowest BCUT2D eigenvalue weighted by atomic mass is 9.81. The van der Waals surface area contributed by atoms with Crippen molar-refractivity contribution in [2.24, 2.45) is 0 Å². The molecule has 0 radical (unpaired) electrons. The molecule has 1 fully saturated rings. The molecule has 0 aromatic heterocycles. The van der Waals surface area contributed by atoms with Crippen molar-refractivity contribution in [2.75, 3.05) is 0 Å². The molecule has 5 nitrogen and oxygen atoms in total. The van der Waals surface area contributed by atoms with Crippen molar-refractivity contribution in [3.05, 3.63) is 0 Å². The second kappa shape index (κ2) is 7.31. The molecule has 26 heavy (non-hydrogen) atoms. The Balaban J connectivity index is 3.06. The standard InChI is InChI=1S/C19H40O5Si2/c1-17(2,3)25(7,8)23-14-11-15(13-19(22,12-14)16(20)21)24-26(9,10)18(4,5)6/h14-15,22H,11-13H2,1-10H3,(H,20,21)/p-1. The first-order valence-electron chi connectivity index (χ1n) is 9.60. The smallest absolute Gasteiger partial charge is 0.192 e. The van der Waals surface area contributed by atoms with Crippen LogP contribution in [0.3, 0.4) is 0 Å². The largest absolute Gasteiger partial charge is 0.547 e. The van der Waals surface area contributed by atoms with Crippen molar-refractivity contribution in [3.8, 4) is 0 Å². The van der Waals surface area contributed by atoms with Gasteiger partial charge in [0.1, 0.15) is 5.60 Å². The zero-order valence-corrected chi connectivity index (χ0v) is 20.4. The van der Waals surface area contributed by atoms with Crippen LogP contribution < -0.4 is 5.11 Å². The molecule has 2 atom stereocenters. The molecule has 0 saturated heterocycles. The first-order chi connectivity index (χ1) is 11.3. The summed E-state index contributed by atoms with van der Waals surface area (Å²) in [6, 6.07) is 0. The van der Waals surface area contributed by atoms with Gasteiger partial charge < -0.3 is 23.9 Å². The predicted molar refractivity (Wildman–Crippen MR) is 108 cm³/mol. The van der Waals surface area contributed by atoms with Gasteiger partial charge in [-0.25, -0.2) is 0 Å². The number of rotatable bonds is 5. The maximum absolute atomic E-state index is 11.6. The second-order valence-corrected chi connectivity index (χ2v) is 20.5. The third-order valence-electron chi connectivity index (χ3n) is 6.57. The molecule has 1 aliphatic carbocycles. The number of aliphatic carboxylic acids is 1. The molecule has 0 amide bonds. The maximum atomic E-state index is 11.6. The maximum Gasteiger partial charge on any atom is 0.192 e. The van der Waals surface area contributed by atoms with Gasteiger partial charge in [0, 0.05) is 12.8 Å². The lowest BCUT2D eigenvalue weighted by Crippen LogP contribution is -2.59. The highest BCUT2D eigenvalue weighted by Gasteiger charge is 2.48. The molecule has 1 aliphatic rings. The number of hydrogen-bond donors (Lipinski definition) is 1. The van der Waals surface area contributed by atoms with Gasteiger partial charge in [0.05, 0.1) is 18.2 Å². The van der Waals surface area contributed by atoms with E-state index in [4.69, 9.17) is 8.85 Å². The lowest BCUT2D eigenvalue weighted by molar-refractivity contribution is -0.329. The minimum atomic E-state index is -2.08. The molecule has 0 bridgehead atoms. The zero-order valence-electron chi connectivity index (χ0n) is 18.4. The fourth-order valence-corrected chi connectivity index (χ4v) is 5.56. The van der Waals surface area contributed by atoms with Gasteiger partial charge in [-0.15, -0.1) is 0 Å². The van der Waals surface area contributed by atoms with E-state index in [9.17, 15) is 15.0 Å². The summed E-state index contributed by atoms with van der Waals surface area (Å²) in [5, 5.41) is 22.4. The Hall–Kier alpha value is -0.216. The van der Waals surface area contributed by atoms with Crippen molar-refractivity contribution >= 4 is 22.6 Å². The fourth-order valence-electron chi connectivity index (χ4n) is 2.83. The second-order valence-electron chi connectivity index (χ2n) is 11.0. The normalized spacial score (nSPS) is 28.9. The van der Waals surface area contributed by atoms with Crippen LogP contribution in [0.25, 0.3) is 0 Å². The van der Waals surface area contributed by atoms with Gasteiger partial charge in [0.25, 0.3) is 0 Å². The summed E-state index contributed by atoms with van der Waals surface area (Å²) >= 11 is 0. The topological polar surface area (TPSA) is 78.8 Å². The summed E-state index contributed by atoms with van der Waals surface area (Å²) in [7, 11) is -4.17. The Labute approximate surface area is 161 Å². The average Bonchev–Trinajstić information content (AvgIpc) is 2.33. The van der Waals surface area contributed by atoms with Gasteiger partial charge in [-0.05, 0) is 42.7 Å². The van der Waals surface area contributed by atoms with E-state index in [-0.39, 0.29) is 35.1 Å². The minimum Gasteiger partial charge on any atom is -0.547 e. The Morgan fingerprint density at radius 3 is 1.46 bits per heavy atom. The van der Waals surface area contributed by atoms with Crippen LogP contribution in [0.15, 0.2) is 0 Å². The Bertz CT molecular complexity index is 481. The zero-order chi connectivity index (χ0) is 20.8. The molecule has 7 heteroatoms. The Morgan fingerprint density at radius 1 is 0.923 bits per heavy atom.